The van der Waals surface area contributed by atoms with Crippen molar-refractivity contribution in [1.82, 2.24) is 10.7 Å². The SMILES string of the molecule is C/C(=N\NC(=S)NC(C)(C)C)c1cc(Cl)cc(Cl)c1O. The maximum atomic E-state index is 9.90. The van der Waals surface area contributed by atoms with Gasteiger partial charge < -0.3 is 10.4 Å². The number of hydrogen-bond donors (Lipinski definition) is 3. The Hall–Kier alpha value is -1.04. The second-order valence-corrected chi connectivity index (χ2v) is 6.55. The normalized spacial score (nSPS) is 12.2. The lowest BCUT2D eigenvalue weighted by molar-refractivity contribution is 0.474. The Kier molecular flexibility index (Phi) is 5.62. The van der Waals surface area contributed by atoms with Gasteiger partial charge in [-0.25, -0.2) is 0 Å². The maximum absolute atomic E-state index is 9.90. The van der Waals surface area contributed by atoms with E-state index in [-0.39, 0.29) is 16.3 Å². The number of hydrogen-bond acceptors (Lipinski definition) is 3. The summed E-state index contributed by atoms with van der Waals surface area (Å²) in [4.78, 5) is 0. The van der Waals surface area contributed by atoms with E-state index >= 15 is 0 Å². The number of halogens is 2. The van der Waals surface area contributed by atoms with Gasteiger partial charge in [0.15, 0.2) is 5.11 Å². The van der Waals surface area contributed by atoms with Gasteiger partial charge in [-0.1, -0.05) is 23.2 Å². The highest BCUT2D eigenvalue weighted by Gasteiger charge is 2.12. The van der Waals surface area contributed by atoms with E-state index in [2.05, 4.69) is 15.8 Å². The Morgan fingerprint density at radius 3 is 2.45 bits per heavy atom. The zero-order valence-corrected chi connectivity index (χ0v) is 14.0. The van der Waals surface area contributed by atoms with E-state index in [0.717, 1.165) is 0 Å². The molecule has 1 aromatic rings. The number of phenolic OH excluding ortho intramolecular Hbond substituents is 1. The average molecular weight is 334 g/mol. The zero-order valence-electron chi connectivity index (χ0n) is 11.7. The van der Waals surface area contributed by atoms with Crippen LogP contribution in [0, 0.1) is 0 Å². The fraction of sp³-hybridized carbons (Fsp3) is 0.385. The zero-order chi connectivity index (χ0) is 15.5. The molecule has 20 heavy (non-hydrogen) atoms. The highest BCUT2D eigenvalue weighted by atomic mass is 35.5. The third-order valence-corrected chi connectivity index (χ3v) is 2.93. The van der Waals surface area contributed by atoms with Crippen molar-refractivity contribution in [2.45, 2.75) is 33.2 Å². The number of thiocarbonyl (C=S) groups is 1. The summed E-state index contributed by atoms with van der Waals surface area (Å²) < 4.78 is 0. The molecule has 0 spiro atoms. The molecule has 0 bridgehead atoms. The van der Waals surface area contributed by atoms with Crippen LogP contribution in [0.5, 0.6) is 5.75 Å². The molecule has 1 rings (SSSR count). The summed E-state index contributed by atoms with van der Waals surface area (Å²) in [6.07, 6.45) is 0. The molecule has 0 heterocycles. The number of benzene rings is 1. The second-order valence-electron chi connectivity index (χ2n) is 5.30. The first kappa shape index (κ1) is 17.0. The van der Waals surface area contributed by atoms with Crippen molar-refractivity contribution in [1.29, 1.82) is 0 Å². The van der Waals surface area contributed by atoms with E-state index in [1.807, 2.05) is 20.8 Å². The smallest absolute Gasteiger partial charge is 0.187 e. The van der Waals surface area contributed by atoms with E-state index in [9.17, 15) is 5.11 Å². The van der Waals surface area contributed by atoms with Crippen LogP contribution in [0.3, 0.4) is 0 Å². The second kappa shape index (κ2) is 6.61. The molecule has 0 unspecified atom stereocenters. The third kappa shape index (κ3) is 5.15. The lowest BCUT2D eigenvalue weighted by atomic mass is 10.1. The fourth-order valence-corrected chi connectivity index (χ4v) is 2.25. The quantitative estimate of drug-likeness (QED) is 0.439. The molecule has 0 aliphatic carbocycles. The molecule has 0 aliphatic heterocycles. The van der Waals surface area contributed by atoms with Gasteiger partial charge in [0.2, 0.25) is 0 Å². The van der Waals surface area contributed by atoms with Gasteiger partial charge >= 0.3 is 0 Å². The van der Waals surface area contributed by atoms with Crippen LogP contribution in [0.1, 0.15) is 33.3 Å². The molecule has 3 N–H and O–H groups in total. The van der Waals surface area contributed by atoms with Crippen molar-refractivity contribution in [3.05, 3.63) is 27.7 Å². The van der Waals surface area contributed by atoms with Crippen molar-refractivity contribution in [3.8, 4) is 5.75 Å². The predicted molar refractivity (Wildman–Crippen MR) is 89.0 cm³/mol. The topological polar surface area (TPSA) is 56.7 Å². The first-order valence-corrected chi connectivity index (χ1v) is 7.07. The number of nitrogens with zero attached hydrogens (tertiary/aromatic N) is 1. The molecule has 0 amide bonds. The molecule has 0 aromatic heterocycles. The largest absolute Gasteiger partial charge is 0.506 e. The Labute approximate surface area is 134 Å². The summed E-state index contributed by atoms with van der Waals surface area (Å²) >= 11 is 16.9. The maximum Gasteiger partial charge on any atom is 0.187 e. The first-order chi connectivity index (χ1) is 9.10. The van der Waals surface area contributed by atoms with Crippen LogP contribution >= 0.6 is 35.4 Å². The van der Waals surface area contributed by atoms with E-state index in [4.69, 9.17) is 35.4 Å². The molecule has 0 saturated heterocycles. The van der Waals surface area contributed by atoms with Crippen LogP contribution in [0.2, 0.25) is 10.0 Å². The lowest BCUT2D eigenvalue weighted by Gasteiger charge is -2.21. The summed E-state index contributed by atoms with van der Waals surface area (Å²) in [6.45, 7) is 7.68. The van der Waals surface area contributed by atoms with Gasteiger partial charge in [0.25, 0.3) is 0 Å². The van der Waals surface area contributed by atoms with Gasteiger partial charge in [-0.2, -0.15) is 5.10 Å². The molecule has 0 saturated carbocycles. The molecule has 4 nitrogen and oxygen atoms in total. The van der Waals surface area contributed by atoms with Crippen LogP contribution < -0.4 is 10.7 Å². The molecular formula is C13H17Cl2N3OS. The molecule has 0 fully saturated rings. The molecule has 0 atom stereocenters. The average Bonchev–Trinajstić information content (AvgIpc) is 2.28. The molecule has 7 heteroatoms. The van der Waals surface area contributed by atoms with E-state index in [0.29, 0.717) is 21.4 Å². The highest BCUT2D eigenvalue weighted by molar-refractivity contribution is 7.80. The van der Waals surface area contributed by atoms with Crippen LogP contribution in [-0.2, 0) is 0 Å². The van der Waals surface area contributed by atoms with Crippen LogP contribution in [0.25, 0.3) is 0 Å². The van der Waals surface area contributed by atoms with Gasteiger partial charge in [-0.15, -0.1) is 0 Å². The summed E-state index contributed by atoms with van der Waals surface area (Å²) in [5.74, 6) is -0.0613. The van der Waals surface area contributed by atoms with Crippen LogP contribution in [0.15, 0.2) is 17.2 Å². The highest BCUT2D eigenvalue weighted by Crippen LogP contribution is 2.31. The van der Waals surface area contributed by atoms with Crippen molar-refractivity contribution < 1.29 is 5.11 Å². The first-order valence-electron chi connectivity index (χ1n) is 5.91. The fourth-order valence-electron chi connectivity index (χ4n) is 1.41. The lowest BCUT2D eigenvalue weighted by Crippen LogP contribution is -2.44. The number of hydrazone groups is 1. The predicted octanol–water partition coefficient (Wildman–Crippen LogP) is 3.69. The summed E-state index contributed by atoms with van der Waals surface area (Å²) in [6, 6.07) is 3.05. The van der Waals surface area contributed by atoms with Gasteiger partial charge in [-0.3, -0.25) is 5.43 Å². The Morgan fingerprint density at radius 2 is 1.90 bits per heavy atom. The standard InChI is InChI=1S/C13H17Cl2N3OS/c1-7(17-18-12(20)16-13(2,3)4)9-5-8(14)6-10(15)11(9)19/h5-6,19H,1-4H3,(H2,16,18,20)/b17-7+. The van der Waals surface area contributed by atoms with Crippen molar-refractivity contribution >= 4 is 46.2 Å². The van der Waals surface area contributed by atoms with E-state index in [1.54, 1.807) is 13.0 Å². The summed E-state index contributed by atoms with van der Waals surface area (Å²) in [5, 5.41) is 18.1. The number of aromatic hydroxyl groups is 1. The summed E-state index contributed by atoms with van der Waals surface area (Å²) in [5.41, 5.74) is 3.53. The minimum absolute atomic E-state index is 0.0613. The van der Waals surface area contributed by atoms with E-state index < -0.39 is 0 Å². The summed E-state index contributed by atoms with van der Waals surface area (Å²) in [7, 11) is 0. The van der Waals surface area contributed by atoms with Crippen LogP contribution in [-0.4, -0.2) is 21.5 Å². The number of nitrogens with one attached hydrogen (secondary N) is 2. The van der Waals surface area contributed by atoms with Gasteiger partial charge in [-0.05, 0) is 52.0 Å². The Bertz CT molecular complexity index is 553. The van der Waals surface area contributed by atoms with Gasteiger partial charge in [0, 0.05) is 16.1 Å². The minimum Gasteiger partial charge on any atom is -0.506 e. The number of phenols is 1. The molecule has 0 aliphatic rings. The Balaban J connectivity index is 2.88. The van der Waals surface area contributed by atoms with Gasteiger partial charge in [0.1, 0.15) is 5.75 Å². The van der Waals surface area contributed by atoms with Crippen molar-refractivity contribution in [2.24, 2.45) is 5.10 Å². The monoisotopic (exact) mass is 333 g/mol. The van der Waals surface area contributed by atoms with Crippen molar-refractivity contribution in [3.63, 3.8) is 0 Å². The number of rotatable bonds is 2. The third-order valence-electron chi connectivity index (χ3n) is 2.23. The minimum atomic E-state index is -0.158. The van der Waals surface area contributed by atoms with Crippen molar-refractivity contribution in [2.75, 3.05) is 0 Å². The molecular weight excluding hydrogens is 317 g/mol. The molecule has 1 aromatic carbocycles. The Morgan fingerprint density at radius 1 is 1.30 bits per heavy atom. The van der Waals surface area contributed by atoms with E-state index in [1.165, 1.54) is 6.07 Å². The molecule has 0 radical (unpaired) electrons. The van der Waals surface area contributed by atoms with Gasteiger partial charge in [0.05, 0.1) is 10.7 Å². The molecule has 110 valence electrons. The van der Waals surface area contributed by atoms with Crippen LogP contribution in [0.4, 0.5) is 0 Å².